The molecule has 0 radical (unpaired) electrons. The molecule has 0 spiro atoms. The molecule has 0 unspecified atom stereocenters. The van der Waals surface area contributed by atoms with Crippen molar-refractivity contribution in [1.29, 1.82) is 0 Å². The zero-order valence-corrected chi connectivity index (χ0v) is 12.2. The molecule has 2 rings (SSSR count). The largest absolute Gasteiger partial charge is 0.345 e. The van der Waals surface area contributed by atoms with Crippen LogP contribution in [0, 0.1) is 6.92 Å². The Morgan fingerprint density at radius 3 is 2.22 bits per heavy atom. The highest BCUT2D eigenvalue weighted by atomic mass is 79.9. The van der Waals surface area contributed by atoms with E-state index < -0.39 is 0 Å². The van der Waals surface area contributed by atoms with E-state index >= 15 is 0 Å². The minimum Gasteiger partial charge on any atom is -0.345 e. The van der Waals surface area contributed by atoms with Crippen molar-refractivity contribution in [3.8, 4) is 0 Å². The minimum atomic E-state index is 0.583. The standard InChI is InChI=1S/C15H17BrN2/c1-11-3-6-14(9-15(11)16)18(2)13-7-4-12(10-17)5-8-13/h3-9H,10,17H2,1-2H3. The van der Waals surface area contributed by atoms with E-state index in [1.54, 1.807) is 0 Å². The van der Waals surface area contributed by atoms with Crippen molar-refractivity contribution < 1.29 is 0 Å². The molecular formula is C15H17BrN2. The van der Waals surface area contributed by atoms with Gasteiger partial charge in [0, 0.05) is 29.4 Å². The van der Waals surface area contributed by atoms with Crippen LogP contribution in [0.2, 0.25) is 0 Å². The number of benzene rings is 2. The van der Waals surface area contributed by atoms with E-state index in [2.05, 4.69) is 77.3 Å². The van der Waals surface area contributed by atoms with Gasteiger partial charge in [0.2, 0.25) is 0 Å². The lowest BCUT2D eigenvalue weighted by Gasteiger charge is -2.20. The Balaban J connectivity index is 2.28. The van der Waals surface area contributed by atoms with Crippen molar-refractivity contribution in [3.05, 3.63) is 58.1 Å². The van der Waals surface area contributed by atoms with E-state index in [1.165, 1.54) is 5.56 Å². The van der Waals surface area contributed by atoms with Gasteiger partial charge in [-0.25, -0.2) is 0 Å². The first kappa shape index (κ1) is 13.1. The third-order valence-corrected chi connectivity index (χ3v) is 3.96. The quantitative estimate of drug-likeness (QED) is 0.929. The van der Waals surface area contributed by atoms with Gasteiger partial charge in [0.1, 0.15) is 0 Å². The fourth-order valence-corrected chi connectivity index (χ4v) is 2.16. The van der Waals surface area contributed by atoms with Crippen molar-refractivity contribution in [1.82, 2.24) is 0 Å². The van der Waals surface area contributed by atoms with Crippen molar-refractivity contribution in [2.75, 3.05) is 11.9 Å². The number of nitrogens with two attached hydrogens (primary N) is 1. The predicted octanol–water partition coefficient (Wildman–Crippen LogP) is 3.98. The Labute approximate surface area is 117 Å². The Bertz CT molecular complexity index is 535. The van der Waals surface area contributed by atoms with Gasteiger partial charge in [-0.1, -0.05) is 34.1 Å². The summed E-state index contributed by atoms with van der Waals surface area (Å²) in [5.41, 5.74) is 10.3. The van der Waals surface area contributed by atoms with Crippen LogP contribution in [0.4, 0.5) is 11.4 Å². The van der Waals surface area contributed by atoms with Crippen molar-refractivity contribution in [2.24, 2.45) is 5.73 Å². The number of anilines is 2. The van der Waals surface area contributed by atoms with Crippen LogP contribution in [0.15, 0.2) is 46.9 Å². The molecule has 0 saturated carbocycles. The number of rotatable bonds is 3. The summed E-state index contributed by atoms with van der Waals surface area (Å²) in [6.45, 7) is 2.67. The summed E-state index contributed by atoms with van der Waals surface area (Å²) in [7, 11) is 2.06. The van der Waals surface area contributed by atoms with Gasteiger partial charge in [0.05, 0.1) is 0 Å². The first-order valence-corrected chi connectivity index (χ1v) is 6.70. The highest BCUT2D eigenvalue weighted by molar-refractivity contribution is 9.10. The Morgan fingerprint density at radius 1 is 1.06 bits per heavy atom. The monoisotopic (exact) mass is 304 g/mol. The van der Waals surface area contributed by atoms with Crippen molar-refractivity contribution in [3.63, 3.8) is 0 Å². The summed E-state index contributed by atoms with van der Waals surface area (Å²) in [5.74, 6) is 0. The number of nitrogens with zero attached hydrogens (tertiary/aromatic N) is 1. The molecule has 18 heavy (non-hydrogen) atoms. The summed E-state index contributed by atoms with van der Waals surface area (Å²) in [6, 6.07) is 14.7. The predicted molar refractivity (Wildman–Crippen MR) is 81.3 cm³/mol. The van der Waals surface area contributed by atoms with Crippen LogP contribution < -0.4 is 10.6 Å². The van der Waals surface area contributed by atoms with Crippen LogP contribution in [0.1, 0.15) is 11.1 Å². The van der Waals surface area contributed by atoms with Crippen LogP contribution in [0.5, 0.6) is 0 Å². The highest BCUT2D eigenvalue weighted by Gasteiger charge is 2.05. The Hall–Kier alpha value is -1.32. The first-order valence-electron chi connectivity index (χ1n) is 5.90. The SMILES string of the molecule is Cc1ccc(N(C)c2ccc(CN)cc2)cc1Br. The Morgan fingerprint density at radius 2 is 1.67 bits per heavy atom. The van der Waals surface area contributed by atoms with Gasteiger partial charge < -0.3 is 10.6 Å². The molecule has 0 atom stereocenters. The molecule has 2 aromatic rings. The summed E-state index contributed by atoms with van der Waals surface area (Å²) < 4.78 is 1.13. The normalized spacial score (nSPS) is 10.4. The summed E-state index contributed by atoms with van der Waals surface area (Å²) in [6.07, 6.45) is 0. The molecule has 2 nitrogen and oxygen atoms in total. The van der Waals surface area contributed by atoms with E-state index in [1.807, 2.05) is 0 Å². The van der Waals surface area contributed by atoms with Gasteiger partial charge in [0.15, 0.2) is 0 Å². The molecule has 3 heteroatoms. The molecule has 0 aromatic heterocycles. The number of hydrogen-bond acceptors (Lipinski definition) is 2. The lowest BCUT2D eigenvalue weighted by molar-refractivity contribution is 1.07. The third-order valence-electron chi connectivity index (χ3n) is 3.10. The second kappa shape index (κ2) is 5.55. The average Bonchev–Trinajstić information content (AvgIpc) is 2.41. The Kier molecular flexibility index (Phi) is 4.04. The number of hydrogen-bond donors (Lipinski definition) is 1. The second-order valence-corrected chi connectivity index (χ2v) is 5.22. The van der Waals surface area contributed by atoms with Gasteiger partial charge in [-0.05, 0) is 42.3 Å². The van der Waals surface area contributed by atoms with Gasteiger partial charge in [-0.15, -0.1) is 0 Å². The van der Waals surface area contributed by atoms with Crippen LogP contribution in [0.3, 0.4) is 0 Å². The summed E-state index contributed by atoms with van der Waals surface area (Å²) >= 11 is 3.57. The molecule has 94 valence electrons. The maximum atomic E-state index is 5.60. The van der Waals surface area contributed by atoms with Crippen LogP contribution in [-0.2, 0) is 6.54 Å². The minimum absolute atomic E-state index is 0.583. The highest BCUT2D eigenvalue weighted by Crippen LogP contribution is 2.28. The average molecular weight is 305 g/mol. The molecular weight excluding hydrogens is 288 g/mol. The van der Waals surface area contributed by atoms with E-state index in [-0.39, 0.29) is 0 Å². The maximum absolute atomic E-state index is 5.60. The topological polar surface area (TPSA) is 29.3 Å². The smallest absolute Gasteiger partial charge is 0.0419 e. The lowest BCUT2D eigenvalue weighted by atomic mass is 10.1. The molecule has 0 saturated heterocycles. The molecule has 0 aliphatic carbocycles. The van der Waals surface area contributed by atoms with Crippen molar-refractivity contribution >= 4 is 27.3 Å². The van der Waals surface area contributed by atoms with Crippen LogP contribution in [-0.4, -0.2) is 7.05 Å². The second-order valence-electron chi connectivity index (χ2n) is 4.36. The lowest BCUT2D eigenvalue weighted by Crippen LogP contribution is -2.09. The molecule has 0 aliphatic heterocycles. The molecule has 2 N–H and O–H groups in total. The molecule has 2 aromatic carbocycles. The van der Waals surface area contributed by atoms with Gasteiger partial charge >= 0.3 is 0 Å². The van der Waals surface area contributed by atoms with Crippen LogP contribution in [0.25, 0.3) is 0 Å². The fraction of sp³-hybridized carbons (Fsp3) is 0.200. The first-order chi connectivity index (χ1) is 8.61. The van der Waals surface area contributed by atoms with Gasteiger partial charge in [0.25, 0.3) is 0 Å². The van der Waals surface area contributed by atoms with E-state index in [9.17, 15) is 0 Å². The van der Waals surface area contributed by atoms with Crippen LogP contribution >= 0.6 is 15.9 Å². The third kappa shape index (κ3) is 2.74. The fourth-order valence-electron chi connectivity index (χ4n) is 1.80. The molecule has 0 fully saturated rings. The molecule has 0 bridgehead atoms. The van der Waals surface area contributed by atoms with E-state index in [0.29, 0.717) is 6.54 Å². The van der Waals surface area contributed by atoms with Gasteiger partial charge in [-0.3, -0.25) is 0 Å². The maximum Gasteiger partial charge on any atom is 0.0419 e. The molecule has 0 heterocycles. The van der Waals surface area contributed by atoms with E-state index in [4.69, 9.17) is 5.73 Å². The zero-order valence-electron chi connectivity index (χ0n) is 10.7. The number of aryl methyl sites for hydroxylation is 1. The summed E-state index contributed by atoms with van der Waals surface area (Å²) in [5, 5.41) is 0. The van der Waals surface area contributed by atoms with Gasteiger partial charge in [-0.2, -0.15) is 0 Å². The number of halogens is 1. The molecule has 0 aliphatic rings. The van der Waals surface area contributed by atoms with Crippen molar-refractivity contribution in [2.45, 2.75) is 13.5 Å². The zero-order chi connectivity index (χ0) is 13.1. The van der Waals surface area contributed by atoms with E-state index in [0.717, 1.165) is 21.4 Å². The molecule has 0 amide bonds. The summed E-state index contributed by atoms with van der Waals surface area (Å²) in [4.78, 5) is 2.16.